The molecule has 0 atom stereocenters. The molecule has 1 amide bonds. The third kappa shape index (κ3) is 3.42. The van der Waals surface area contributed by atoms with Crippen LogP contribution in [0.15, 0.2) is 42.5 Å². The van der Waals surface area contributed by atoms with Crippen molar-refractivity contribution in [3.63, 3.8) is 0 Å². The summed E-state index contributed by atoms with van der Waals surface area (Å²) in [6.07, 6.45) is 0. The smallest absolute Gasteiger partial charge is 0.255 e. The first kappa shape index (κ1) is 14.2. The standard InChI is InChI=1S/C15H15ClN2O2/c1-2-20-12-6-4-11(5-7-12)18-15(19)10-3-8-13(16)14(17)9-10/h3-9H,2,17H2,1H3,(H,18,19). The van der Waals surface area contributed by atoms with Crippen LogP contribution in [0.5, 0.6) is 5.75 Å². The van der Waals surface area contributed by atoms with Gasteiger partial charge >= 0.3 is 0 Å². The molecule has 4 nitrogen and oxygen atoms in total. The number of ether oxygens (including phenoxy) is 1. The molecule has 0 radical (unpaired) electrons. The normalized spacial score (nSPS) is 10.1. The van der Waals surface area contributed by atoms with Crippen LogP contribution in [0.25, 0.3) is 0 Å². The molecule has 0 aliphatic heterocycles. The molecule has 2 rings (SSSR count). The number of hydrogen-bond acceptors (Lipinski definition) is 3. The van der Waals surface area contributed by atoms with Gasteiger partial charge in [0.2, 0.25) is 0 Å². The minimum Gasteiger partial charge on any atom is -0.494 e. The lowest BCUT2D eigenvalue weighted by atomic mass is 10.2. The summed E-state index contributed by atoms with van der Waals surface area (Å²) < 4.78 is 5.34. The Balaban J connectivity index is 2.08. The molecule has 20 heavy (non-hydrogen) atoms. The molecule has 0 fully saturated rings. The van der Waals surface area contributed by atoms with E-state index in [2.05, 4.69) is 5.32 Å². The summed E-state index contributed by atoms with van der Waals surface area (Å²) in [7, 11) is 0. The van der Waals surface area contributed by atoms with Gasteiger partial charge in [0.1, 0.15) is 5.75 Å². The van der Waals surface area contributed by atoms with Crippen molar-refractivity contribution < 1.29 is 9.53 Å². The molecule has 0 unspecified atom stereocenters. The van der Waals surface area contributed by atoms with Crippen LogP contribution in [-0.2, 0) is 0 Å². The first-order chi connectivity index (χ1) is 9.60. The fourth-order valence-corrected chi connectivity index (χ4v) is 1.81. The van der Waals surface area contributed by atoms with Crippen LogP contribution >= 0.6 is 11.6 Å². The number of halogens is 1. The molecule has 2 aromatic carbocycles. The first-order valence-corrected chi connectivity index (χ1v) is 6.57. The maximum absolute atomic E-state index is 12.0. The number of anilines is 2. The average Bonchev–Trinajstić information content (AvgIpc) is 2.44. The fraction of sp³-hybridized carbons (Fsp3) is 0.133. The van der Waals surface area contributed by atoms with E-state index in [4.69, 9.17) is 22.1 Å². The molecule has 3 N–H and O–H groups in total. The van der Waals surface area contributed by atoms with E-state index in [1.54, 1.807) is 42.5 Å². The van der Waals surface area contributed by atoms with Crippen LogP contribution in [0.3, 0.4) is 0 Å². The van der Waals surface area contributed by atoms with Crippen LogP contribution in [0, 0.1) is 0 Å². The Kier molecular flexibility index (Phi) is 4.48. The zero-order valence-electron chi connectivity index (χ0n) is 11.0. The molecule has 2 aromatic rings. The van der Waals surface area contributed by atoms with E-state index < -0.39 is 0 Å². The molecule has 0 aromatic heterocycles. The summed E-state index contributed by atoms with van der Waals surface area (Å²) in [5.41, 5.74) is 7.20. The summed E-state index contributed by atoms with van der Waals surface area (Å²) in [5.74, 6) is 0.527. The van der Waals surface area contributed by atoms with Crippen LogP contribution in [0.4, 0.5) is 11.4 Å². The Morgan fingerprint density at radius 2 is 1.95 bits per heavy atom. The second kappa shape index (κ2) is 6.30. The number of amides is 1. The lowest BCUT2D eigenvalue weighted by molar-refractivity contribution is 0.102. The average molecular weight is 291 g/mol. The van der Waals surface area contributed by atoms with E-state index in [1.165, 1.54) is 0 Å². The topological polar surface area (TPSA) is 64.3 Å². The Hall–Kier alpha value is -2.20. The molecular weight excluding hydrogens is 276 g/mol. The number of benzene rings is 2. The van der Waals surface area contributed by atoms with Gasteiger partial charge < -0.3 is 15.8 Å². The molecule has 0 heterocycles. The highest BCUT2D eigenvalue weighted by molar-refractivity contribution is 6.33. The van der Waals surface area contributed by atoms with E-state index in [0.717, 1.165) is 5.75 Å². The number of rotatable bonds is 4. The molecule has 0 aliphatic rings. The number of nitrogen functional groups attached to an aromatic ring is 1. The zero-order valence-corrected chi connectivity index (χ0v) is 11.8. The zero-order chi connectivity index (χ0) is 14.5. The van der Waals surface area contributed by atoms with Gasteiger partial charge in [0.15, 0.2) is 0 Å². The molecule has 0 saturated carbocycles. The third-order valence-corrected chi connectivity index (χ3v) is 3.03. The maximum Gasteiger partial charge on any atom is 0.255 e. The number of hydrogen-bond donors (Lipinski definition) is 2. The summed E-state index contributed by atoms with van der Waals surface area (Å²) >= 11 is 5.82. The van der Waals surface area contributed by atoms with Crippen LogP contribution in [0.1, 0.15) is 17.3 Å². The second-order valence-corrected chi connectivity index (χ2v) is 4.56. The van der Waals surface area contributed by atoms with E-state index in [0.29, 0.717) is 28.6 Å². The lowest BCUT2D eigenvalue weighted by Gasteiger charge is -2.08. The SMILES string of the molecule is CCOc1ccc(NC(=O)c2ccc(Cl)c(N)c2)cc1. The van der Waals surface area contributed by atoms with Crippen molar-refractivity contribution in [2.75, 3.05) is 17.7 Å². The van der Waals surface area contributed by atoms with Crippen molar-refractivity contribution in [1.29, 1.82) is 0 Å². The van der Waals surface area contributed by atoms with Crippen LogP contribution in [0.2, 0.25) is 5.02 Å². The predicted molar refractivity (Wildman–Crippen MR) is 81.4 cm³/mol. The van der Waals surface area contributed by atoms with Gasteiger partial charge in [-0.1, -0.05) is 11.6 Å². The van der Waals surface area contributed by atoms with Crippen molar-refractivity contribution in [3.8, 4) is 5.75 Å². The van der Waals surface area contributed by atoms with Gasteiger partial charge in [-0.05, 0) is 49.4 Å². The highest BCUT2D eigenvalue weighted by Gasteiger charge is 2.08. The summed E-state index contributed by atoms with van der Waals surface area (Å²) in [6, 6.07) is 11.9. The van der Waals surface area contributed by atoms with Gasteiger partial charge in [0.25, 0.3) is 5.91 Å². The highest BCUT2D eigenvalue weighted by atomic mass is 35.5. The van der Waals surface area contributed by atoms with Gasteiger partial charge in [-0.2, -0.15) is 0 Å². The quantitative estimate of drug-likeness (QED) is 0.846. The monoisotopic (exact) mass is 290 g/mol. The second-order valence-electron chi connectivity index (χ2n) is 4.15. The first-order valence-electron chi connectivity index (χ1n) is 6.19. The molecule has 0 saturated heterocycles. The summed E-state index contributed by atoms with van der Waals surface area (Å²) in [5, 5.41) is 3.21. The van der Waals surface area contributed by atoms with Gasteiger partial charge in [-0.3, -0.25) is 4.79 Å². The predicted octanol–water partition coefficient (Wildman–Crippen LogP) is 3.57. The van der Waals surface area contributed by atoms with Gasteiger partial charge in [0, 0.05) is 11.3 Å². The van der Waals surface area contributed by atoms with Gasteiger partial charge in [-0.15, -0.1) is 0 Å². The Morgan fingerprint density at radius 1 is 1.25 bits per heavy atom. The lowest BCUT2D eigenvalue weighted by Crippen LogP contribution is -2.12. The minimum absolute atomic E-state index is 0.238. The van der Waals surface area contributed by atoms with E-state index in [-0.39, 0.29) is 5.91 Å². The highest BCUT2D eigenvalue weighted by Crippen LogP contribution is 2.21. The van der Waals surface area contributed by atoms with Crippen LogP contribution in [-0.4, -0.2) is 12.5 Å². The third-order valence-electron chi connectivity index (χ3n) is 2.68. The van der Waals surface area contributed by atoms with Crippen molar-refractivity contribution in [2.24, 2.45) is 0 Å². The number of nitrogens with two attached hydrogens (primary N) is 1. The summed E-state index contributed by atoms with van der Waals surface area (Å²) in [6.45, 7) is 2.52. The molecule has 0 bridgehead atoms. The van der Waals surface area contributed by atoms with Crippen molar-refractivity contribution in [2.45, 2.75) is 6.92 Å². The molecule has 5 heteroatoms. The Morgan fingerprint density at radius 3 is 2.55 bits per heavy atom. The van der Waals surface area contributed by atoms with Crippen molar-refractivity contribution in [1.82, 2.24) is 0 Å². The van der Waals surface area contributed by atoms with Crippen molar-refractivity contribution in [3.05, 3.63) is 53.1 Å². The molecule has 0 spiro atoms. The molecule has 104 valence electrons. The van der Waals surface area contributed by atoms with Gasteiger partial charge in [0.05, 0.1) is 17.3 Å². The largest absolute Gasteiger partial charge is 0.494 e. The fourth-order valence-electron chi connectivity index (χ4n) is 1.69. The van der Waals surface area contributed by atoms with Gasteiger partial charge in [-0.25, -0.2) is 0 Å². The number of nitrogens with one attached hydrogen (secondary N) is 1. The van der Waals surface area contributed by atoms with Crippen molar-refractivity contribution >= 4 is 28.9 Å². The maximum atomic E-state index is 12.0. The van der Waals surface area contributed by atoms with E-state index in [1.807, 2.05) is 6.92 Å². The van der Waals surface area contributed by atoms with E-state index >= 15 is 0 Å². The molecular formula is C15H15ClN2O2. The number of carbonyl (C=O) groups is 1. The Labute approximate surface area is 122 Å². The Bertz CT molecular complexity index is 612. The van der Waals surface area contributed by atoms with E-state index in [9.17, 15) is 4.79 Å². The molecule has 0 aliphatic carbocycles. The summed E-state index contributed by atoms with van der Waals surface area (Å²) in [4.78, 5) is 12.0. The van der Waals surface area contributed by atoms with Crippen LogP contribution < -0.4 is 15.8 Å². The minimum atomic E-state index is -0.238. The number of carbonyl (C=O) groups excluding carboxylic acids is 1.